The van der Waals surface area contributed by atoms with Crippen LogP contribution in [0.5, 0.6) is 5.75 Å². The molecule has 18 heavy (non-hydrogen) atoms. The van der Waals surface area contributed by atoms with Crippen LogP contribution in [0.15, 0.2) is 24.3 Å². The van der Waals surface area contributed by atoms with Crippen LogP contribution in [-0.2, 0) is 0 Å². The molecule has 0 unspecified atom stereocenters. The lowest BCUT2D eigenvalue weighted by molar-refractivity contribution is -0.0497. The molecule has 0 atom stereocenters. The minimum atomic E-state index is -2.88. The van der Waals surface area contributed by atoms with Crippen molar-refractivity contribution in [3.63, 3.8) is 0 Å². The number of carbonyl (C=O) groups excluding carboxylic acids is 1. The molecule has 0 aliphatic heterocycles. The fourth-order valence-electron chi connectivity index (χ4n) is 1.41. The monoisotopic (exact) mass is 258 g/mol. The van der Waals surface area contributed by atoms with Crippen molar-refractivity contribution in [2.75, 3.05) is 18.9 Å². The van der Waals surface area contributed by atoms with E-state index < -0.39 is 6.61 Å². The largest absolute Gasteiger partial charge is 0.435 e. The van der Waals surface area contributed by atoms with Gasteiger partial charge < -0.3 is 15.0 Å². The van der Waals surface area contributed by atoms with Gasteiger partial charge in [0.15, 0.2) is 0 Å². The second kappa shape index (κ2) is 6.78. The van der Waals surface area contributed by atoms with Gasteiger partial charge >= 0.3 is 12.6 Å². The highest BCUT2D eigenvalue weighted by Gasteiger charge is 2.09. The Labute approximate surface area is 105 Å². The summed E-state index contributed by atoms with van der Waals surface area (Å²) in [7, 11) is 1.67. The number of alkyl halides is 2. The van der Waals surface area contributed by atoms with E-state index >= 15 is 0 Å². The van der Waals surface area contributed by atoms with E-state index in [-0.39, 0.29) is 11.8 Å². The number of ether oxygens (including phenoxy) is 1. The molecule has 0 aliphatic carbocycles. The summed E-state index contributed by atoms with van der Waals surface area (Å²) in [5.74, 6) is 0.0148. The average molecular weight is 258 g/mol. The van der Waals surface area contributed by atoms with Gasteiger partial charge in [-0.25, -0.2) is 4.79 Å². The van der Waals surface area contributed by atoms with E-state index in [0.717, 1.165) is 6.42 Å². The van der Waals surface area contributed by atoms with Crippen molar-refractivity contribution in [3.8, 4) is 5.75 Å². The molecule has 1 aromatic rings. The summed E-state index contributed by atoms with van der Waals surface area (Å²) in [5.41, 5.74) is 0.418. The summed E-state index contributed by atoms with van der Waals surface area (Å²) >= 11 is 0. The van der Waals surface area contributed by atoms with E-state index in [9.17, 15) is 13.6 Å². The van der Waals surface area contributed by atoms with E-state index in [1.807, 2.05) is 6.92 Å². The molecule has 6 heteroatoms. The van der Waals surface area contributed by atoms with Gasteiger partial charge in [-0.3, -0.25) is 0 Å². The maximum atomic E-state index is 12.0. The van der Waals surface area contributed by atoms with E-state index in [1.54, 1.807) is 13.1 Å². The first-order valence-electron chi connectivity index (χ1n) is 5.60. The lowest BCUT2D eigenvalue weighted by Gasteiger charge is -2.17. The van der Waals surface area contributed by atoms with Gasteiger partial charge in [-0.1, -0.05) is 13.0 Å². The van der Waals surface area contributed by atoms with Crippen LogP contribution in [0.2, 0.25) is 0 Å². The van der Waals surface area contributed by atoms with Crippen molar-refractivity contribution in [2.24, 2.45) is 0 Å². The first-order chi connectivity index (χ1) is 8.52. The van der Waals surface area contributed by atoms with Crippen molar-refractivity contribution in [2.45, 2.75) is 20.0 Å². The molecule has 0 saturated heterocycles. The van der Waals surface area contributed by atoms with Crippen LogP contribution in [0.25, 0.3) is 0 Å². The third-order valence-corrected chi connectivity index (χ3v) is 2.22. The van der Waals surface area contributed by atoms with E-state index in [1.165, 1.54) is 23.1 Å². The number of halogens is 2. The highest BCUT2D eigenvalue weighted by atomic mass is 19.3. The highest BCUT2D eigenvalue weighted by Crippen LogP contribution is 2.19. The molecule has 2 amide bonds. The fraction of sp³-hybridized carbons (Fsp3) is 0.417. The third kappa shape index (κ3) is 4.57. The molecule has 0 radical (unpaired) electrons. The summed E-state index contributed by atoms with van der Waals surface area (Å²) in [5, 5.41) is 2.60. The van der Waals surface area contributed by atoms with Crippen LogP contribution < -0.4 is 10.1 Å². The molecule has 100 valence electrons. The van der Waals surface area contributed by atoms with Gasteiger partial charge in [0, 0.05) is 25.3 Å². The van der Waals surface area contributed by atoms with Crippen molar-refractivity contribution in [1.29, 1.82) is 0 Å². The van der Waals surface area contributed by atoms with Gasteiger partial charge in [-0.2, -0.15) is 8.78 Å². The van der Waals surface area contributed by atoms with Crippen molar-refractivity contribution in [3.05, 3.63) is 24.3 Å². The van der Waals surface area contributed by atoms with E-state index in [2.05, 4.69) is 10.1 Å². The second-order valence-corrected chi connectivity index (χ2v) is 3.76. The quantitative estimate of drug-likeness (QED) is 0.881. The Hall–Kier alpha value is -1.85. The van der Waals surface area contributed by atoms with Crippen molar-refractivity contribution < 1.29 is 18.3 Å². The molecular formula is C12H16F2N2O2. The fourth-order valence-corrected chi connectivity index (χ4v) is 1.41. The molecule has 1 aromatic carbocycles. The van der Waals surface area contributed by atoms with Crippen molar-refractivity contribution >= 4 is 11.7 Å². The molecule has 0 fully saturated rings. The predicted octanol–water partition coefficient (Wildman–Crippen LogP) is 3.16. The lowest BCUT2D eigenvalue weighted by Crippen LogP contribution is -2.31. The Balaban J connectivity index is 2.64. The molecule has 0 aromatic heterocycles. The Morgan fingerprint density at radius 1 is 1.50 bits per heavy atom. The SMILES string of the molecule is CCCN(C)C(=O)Nc1cccc(OC(F)F)c1. The van der Waals surface area contributed by atoms with Crippen LogP contribution in [0.1, 0.15) is 13.3 Å². The highest BCUT2D eigenvalue weighted by molar-refractivity contribution is 5.89. The standard InChI is InChI=1S/C12H16F2N2O2/c1-3-7-16(2)12(17)15-9-5-4-6-10(8-9)18-11(13)14/h4-6,8,11H,3,7H2,1-2H3,(H,15,17). The maximum absolute atomic E-state index is 12.0. The third-order valence-electron chi connectivity index (χ3n) is 2.22. The van der Waals surface area contributed by atoms with Gasteiger partial charge in [-0.15, -0.1) is 0 Å². The number of rotatable bonds is 5. The lowest BCUT2D eigenvalue weighted by atomic mass is 10.3. The van der Waals surface area contributed by atoms with Crippen molar-refractivity contribution in [1.82, 2.24) is 4.90 Å². The molecule has 0 bridgehead atoms. The number of carbonyl (C=O) groups is 1. The van der Waals surface area contributed by atoms with E-state index in [4.69, 9.17) is 0 Å². The zero-order chi connectivity index (χ0) is 13.5. The maximum Gasteiger partial charge on any atom is 0.387 e. The number of urea groups is 1. The second-order valence-electron chi connectivity index (χ2n) is 3.76. The summed E-state index contributed by atoms with van der Waals surface area (Å²) in [4.78, 5) is 13.2. The Bertz CT molecular complexity index is 399. The molecule has 0 aliphatic rings. The summed E-state index contributed by atoms with van der Waals surface area (Å²) < 4.78 is 28.3. The number of nitrogens with zero attached hydrogens (tertiary/aromatic N) is 1. The molecule has 1 rings (SSSR count). The number of benzene rings is 1. The van der Waals surface area contributed by atoms with Crippen LogP contribution in [0.3, 0.4) is 0 Å². The minimum absolute atomic E-state index is 0.0148. The number of hydrogen-bond donors (Lipinski definition) is 1. The van der Waals surface area contributed by atoms with Gasteiger partial charge in [0.05, 0.1) is 0 Å². The molecule has 1 N–H and O–H groups in total. The Kier molecular flexibility index (Phi) is 5.35. The number of hydrogen-bond acceptors (Lipinski definition) is 2. The smallest absolute Gasteiger partial charge is 0.387 e. The molecule has 0 saturated carbocycles. The Morgan fingerprint density at radius 3 is 2.83 bits per heavy atom. The zero-order valence-electron chi connectivity index (χ0n) is 10.3. The van der Waals surface area contributed by atoms with Crippen LogP contribution in [-0.4, -0.2) is 31.1 Å². The topological polar surface area (TPSA) is 41.6 Å². The van der Waals surface area contributed by atoms with Crippen LogP contribution in [0, 0.1) is 0 Å². The van der Waals surface area contributed by atoms with Gasteiger partial charge in [0.25, 0.3) is 0 Å². The number of amides is 2. The van der Waals surface area contributed by atoms with Crippen LogP contribution >= 0.6 is 0 Å². The van der Waals surface area contributed by atoms with E-state index in [0.29, 0.717) is 12.2 Å². The molecule has 0 spiro atoms. The molecule has 4 nitrogen and oxygen atoms in total. The van der Waals surface area contributed by atoms with Gasteiger partial charge in [-0.05, 0) is 18.6 Å². The molecule has 0 heterocycles. The number of nitrogens with one attached hydrogen (secondary N) is 1. The first kappa shape index (κ1) is 14.2. The first-order valence-corrected chi connectivity index (χ1v) is 5.60. The van der Waals surface area contributed by atoms with Gasteiger partial charge in [0.1, 0.15) is 5.75 Å². The summed E-state index contributed by atoms with van der Waals surface area (Å²) in [6, 6.07) is 5.61. The normalized spacial score (nSPS) is 10.3. The summed E-state index contributed by atoms with van der Waals surface area (Å²) in [6.07, 6.45) is 0.846. The van der Waals surface area contributed by atoms with Crippen LogP contribution in [0.4, 0.5) is 19.3 Å². The zero-order valence-corrected chi connectivity index (χ0v) is 10.3. The minimum Gasteiger partial charge on any atom is -0.435 e. The number of anilines is 1. The average Bonchev–Trinajstić information content (AvgIpc) is 2.28. The predicted molar refractivity (Wildman–Crippen MR) is 65.0 cm³/mol. The summed E-state index contributed by atoms with van der Waals surface area (Å²) in [6.45, 7) is -0.293. The Morgan fingerprint density at radius 2 is 2.22 bits per heavy atom. The van der Waals surface area contributed by atoms with Gasteiger partial charge in [0.2, 0.25) is 0 Å². The molecular weight excluding hydrogens is 242 g/mol.